The summed E-state index contributed by atoms with van der Waals surface area (Å²) in [6, 6.07) is 15.8. The largest absolute Gasteiger partial charge is 0.508 e. The van der Waals surface area contributed by atoms with Gasteiger partial charge in [0.05, 0.1) is 5.54 Å². The van der Waals surface area contributed by atoms with Gasteiger partial charge in [-0.25, -0.2) is 0 Å². The van der Waals surface area contributed by atoms with Crippen molar-refractivity contribution < 1.29 is 9.90 Å². The summed E-state index contributed by atoms with van der Waals surface area (Å²) in [5.41, 5.74) is 8.72. The number of nitrogens with zero attached hydrogens (tertiary/aromatic N) is 1. The molecular formula is C20H24N2O2. The van der Waals surface area contributed by atoms with Gasteiger partial charge in [-0.05, 0) is 48.6 Å². The molecule has 0 bridgehead atoms. The third-order valence-electron chi connectivity index (χ3n) is 5.07. The van der Waals surface area contributed by atoms with Crippen LogP contribution in [0.2, 0.25) is 0 Å². The number of anilines is 1. The van der Waals surface area contributed by atoms with Crippen molar-refractivity contribution >= 4 is 11.6 Å². The van der Waals surface area contributed by atoms with E-state index in [2.05, 4.69) is 24.0 Å². The Morgan fingerprint density at radius 2 is 2.00 bits per heavy atom. The molecule has 1 amide bonds. The molecule has 126 valence electrons. The van der Waals surface area contributed by atoms with Crippen LogP contribution in [-0.4, -0.2) is 23.1 Å². The summed E-state index contributed by atoms with van der Waals surface area (Å²) in [4.78, 5) is 14.0. The number of aromatic hydroxyl groups is 1. The molecule has 1 atom stereocenters. The summed E-state index contributed by atoms with van der Waals surface area (Å²) < 4.78 is 0. The van der Waals surface area contributed by atoms with Crippen LogP contribution in [0.1, 0.15) is 30.9 Å². The molecule has 0 spiro atoms. The van der Waals surface area contributed by atoms with Crippen LogP contribution < -0.4 is 10.6 Å². The Labute approximate surface area is 142 Å². The molecule has 1 aliphatic rings. The molecule has 0 radical (unpaired) electrons. The summed E-state index contributed by atoms with van der Waals surface area (Å²) in [6.07, 6.45) is 2.81. The molecule has 2 aromatic carbocycles. The number of primary amides is 1. The van der Waals surface area contributed by atoms with Crippen LogP contribution in [0, 0.1) is 0 Å². The average Bonchev–Trinajstić information content (AvgIpc) is 2.86. The lowest BCUT2D eigenvalue weighted by Gasteiger charge is -2.39. The Kier molecular flexibility index (Phi) is 4.47. The van der Waals surface area contributed by atoms with Crippen molar-refractivity contribution in [3.8, 4) is 5.75 Å². The predicted octanol–water partition coefficient (Wildman–Crippen LogP) is 3.02. The van der Waals surface area contributed by atoms with E-state index in [1.54, 1.807) is 6.07 Å². The SMILES string of the molecule is CCC1(CC(N)=O)Cc2cc(O)ccc2N1CCc1ccccc1. The zero-order valence-corrected chi connectivity index (χ0v) is 14.0. The summed E-state index contributed by atoms with van der Waals surface area (Å²) in [6.45, 7) is 2.92. The van der Waals surface area contributed by atoms with Crippen LogP contribution in [0.5, 0.6) is 5.75 Å². The van der Waals surface area contributed by atoms with E-state index < -0.39 is 0 Å². The van der Waals surface area contributed by atoms with Gasteiger partial charge in [-0.1, -0.05) is 37.3 Å². The van der Waals surface area contributed by atoms with Gasteiger partial charge in [0.25, 0.3) is 0 Å². The molecule has 4 nitrogen and oxygen atoms in total. The molecule has 3 N–H and O–H groups in total. The van der Waals surface area contributed by atoms with Crippen molar-refractivity contribution in [2.75, 3.05) is 11.4 Å². The number of phenolic OH excluding ortho intramolecular Hbond substituents is 1. The van der Waals surface area contributed by atoms with Gasteiger partial charge >= 0.3 is 0 Å². The quantitative estimate of drug-likeness (QED) is 0.858. The minimum atomic E-state index is -0.295. The maximum absolute atomic E-state index is 11.7. The van der Waals surface area contributed by atoms with Crippen molar-refractivity contribution in [1.82, 2.24) is 0 Å². The predicted molar refractivity (Wildman–Crippen MR) is 96.1 cm³/mol. The Balaban J connectivity index is 1.92. The van der Waals surface area contributed by atoms with Crippen LogP contribution in [0.3, 0.4) is 0 Å². The van der Waals surface area contributed by atoms with Gasteiger partial charge in [0.2, 0.25) is 5.91 Å². The molecule has 1 heterocycles. The number of phenols is 1. The van der Waals surface area contributed by atoms with E-state index in [1.165, 1.54) is 5.56 Å². The van der Waals surface area contributed by atoms with Crippen LogP contribution >= 0.6 is 0 Å². The molecule has 0 saturated carbocycles. The smallest absolute Gasteiger partial charge is 0.219 e. The molecule has 1 unspecified atom stereocenters. The van der Waals surface area contributed by atoms with Crippen molar-refractivity contribution in [3.05, 3.63) is 59.7 Å². The fourth-order valence-electron chi connectivity index (χ4n) is 3.85. The zero-order chi connectivity index (χ0) is 17.2. The van der Waals surface area contributed by atoms with Gasteiger partial charge in [0.1, 0.15) is 5.75 Å². The summed E-state index contributed by atoms with van der Waals surface area (Å²) in [5, 5.41) is 9.81. The lowest BCUT2D eigenvalue weighted by Crippen LogP contribution is -2.49. The Bertz CT molecular complexity index is 730. The first kappa shape index (κ1) is 16.4. The second-order valence-electron chi connectivity index (χ2n) is 6.60. The summed E-state index contributed by atoms with van der Waals surface area (Å²) >= 11 is 0. The number of fused-ring (bicyclic) bond motifs is 1. The minimum Gasteiger partial charge on any atom is -0.508 e. The second kappa shape index (κ2) is 6.56. The highest BCUT2D eigenvalue weighted by atomic mass is 16.3. The first-order chi connectivity index (χ1) is 11.5. The van der Waals surface area contributed by atoms with E-state index in [0.717, 1.165) is 37.1 Å². The number of rotatable bonds is 6. The Hall–Kier alpha value is -2.49. The van der Waals surface area contributed by atoms with Crippen LogP contribution in [0.25, 0.3) is 0 Å². The number of amides is 1. The fourth-order valence-corrected chi connectivity index (χ4v) is 3.85. The Morgan fingerprint density at radius 3 is 2.67 bits per heavy atom. The molecule has 1 aliphatic heterocycles. The third-order valence-corrected chi connectivity index (χ3v) is 5.07. The van der Waals surface area contributed by atoms with Gasteiger partial charge in [-0.3, -0.25) is 4.79 Å². The molecule has 4 heteroatoms. The molecule has 0 saturated heterocycles. The van der Waals surface area contributed by atoms with Crippen molar-refractivity contribution in [3.63, 3.8) is 0 Å². The molecule has 24 heavy (non-hydrogen) atoms. The maximum atomic E-state index is 11.7. The number of hydrogen-bond donors (Lipinski definition) is 2. The lowest BCUT2D eigenvalue weighted by molar-refractivity contribution is -0.119. The van der Waals surface area contributed by atoms with Crippen molar-refractivity contribution in [1.29, 1.82) is 0 Å². The van der Waals surface area contributed by atoms with E-state index in [4.69, 9.17) is 5.73 Å². The summed E-state index contributed by atoms with van der Waals surface area (Å²) in [5.74, 6) is -0.0127. The highest BCUT2D eigenvalue weighted by Crippen LogP contribution is 2.43. The average molecular weight is 324 g/mol. The van der Waals surface area contributed by atoms with Crippen LogP contribution in [0.4, 0.5) is 5.69 Å². The number of benzene rings is 2. The molecule has 0 aromatic heterocycles. The Morgan fingerprint density at radius 1 is 1.25 bits per heavy atom. The highest BCUT2D eigenvalue weighted by molar-refractivity contribution is 5.78. The topological polar surface area (TPSA) is 66.6 Å². The van der Waals surface area contributed by atoms with Crippen LogP contribution in [-0.2, 0) is 17.6 Å². The monoisotopic (exact) mass is 324 g/mol. The van der Waals surface area contributed by atoms with Gasteiger partial charge in [0, 0.05) is 18.7 Å². The normalized spacial score (nSPS) is 19.3. The van der Waals surface area contributed by atoms with Gasteiger partial charge in [-0.2, -0.15) is 0 Å². The highest BCUT2D eigenvalue weighted by Gasteiger charge is 2.43. The zero-order valence-electron chi connectivity index (χ0n) is 14.0. The van der Waals surface area contributed by atoms with Crippen LogP contribution in [0.15, 0.2) is 48.5 Å². The standard InChI is InChI=1S/C20H24N2O2/c1-2-20(14-19(21)24)13-16-12-17(23)8-9-18(16)22(20)11-10-15-6-4-3-5-7-15/h3-9,12,23H,2,10-11,13-14H2,1H3,(H2,21,24). The first-order valence-corrected chi connectivity index (χ1v) is 8.46. The van der Waals surface area contributed by atoms with E-state index >= 15 is 0 Å². The molecule has 2 aromatic rings. The molecular weight excluding hydrogens is 300 g/mol. The fraction of sp³-hybridized carbons (Fsp3) is 0.350. The number of hydrogen-bond acceptors (Lipinski definition) is 3. The van der Waals surface area contributed by atoms with Gasteiger partial charge in [0.15, 0.2) is 0 Å². The lowest BCUT2D eigenvalue weighted by atomic mass is 9.87. The molecule has 0 fully saturated rings. The molecule has 0 aliphatic carbocycles. The van der Waals surface area contributed by atoms with E-state index in [0.29, 0.717) is 6.42 Å². The van der Waals surface area contributed by atoms with E-state index in [9.17, 15) is 9.90 Å². The molecule has 3 rings (SSSR count). The second-order valence-corrected chi connectivity index (χ2v) is 6.60. The van der Waals surface area contributed by atoms with Crippen molar-refractivity contribution in [2.45, 2.75) is 38.1 Å². The first-order valence-electron chi connectivity index (χ1n) is 8.46. The minimum absolute atomic E-state index is 0.266. The van der Waals surface area contributed by atoms with Gasteiger partial charge < -0.3 is 15.7 Å². The van der Waals surface area contributed by atoms with Crippen molar-refractivity contribution in [2.24, 2.45) is 5.73 Å². The van der Waals surface area contributed by atoms with Gasteiger partial charge in [-0.15, -0.1) is 0 Å². The van der Waals surface area contributed by atoms with E-state index in [-0.39, 0.29) is 17.2 Å². The number of carbonyl (C=O) groups is 1. The maximum Gasteiger partial charge on any atom is 0.219 e. The third kappa shape index (κ3) is 3.09. The number of carbonyl (C=O) groups excluding carboxylic acids is 1. The number of nitrogens with two attached hydrogens (primary N) is 1. The van der Waals surface area contributed by atoms with E-state index in [1.807, 2.05) is 30.3 Å². The summed E-state index contributed by atoms with van der Waals surface area (Å²) in [7, 11) is 0.